The molecule has 2 amide bonds. The number of fused-ring (bicyclic) bond motifs is 1. The van der Waals surface area contributed by atoms with Gasteiger partial charge in [0.25, 0.3) is 0 Å². The summed E-state index contributed by atoms with van der Waals surface area (Å²) in [4.78, 5) is 27.4. The summed E-state index contributed by atoms with van der Waals surface area (Å²) in [5.74, 6) is 0.0400. The van der Waals surface area contributed by atoms with Crippen LogP contribution in [0, 0.1) is 5.82 Å². The molecule has 0 saturated carbocycles. The summed E-state index contributed by atoms with van der Waals surface area (Å²) in [5.41, 5.74) is 1.56. The molecule has 4 rings (SSSR count). The monoisotopic (exact) mass is 412 g/mol. The summed E-state index contributed by atoms with van der Waals surface area (Å²) in [6.07, 6.45) is -0.359. The van der Waals surface area contributed by atoms with Gasteiger partial charge in [0.05, 0.1) is 23.4 Å². The standard InChI is InChI=1S/C22H21FN2O5/c1-12(2)30-21(26)19-13(3)25(16-7-8-17-18(10-16)29-11-28-17)22(27)24-20(19)14-5-4-6-15(23)9-14/h4-10,12,20H,11H2,1-3H3,(H,24,27)/t20-/m1/s1. The van der Waals surface area contributed by atoms with Crippen LogP contribution in [0.15, 0.2) is 53.7 Å². The van der Waals surface area contributed by atoms with Gasteiger partial charge >= 0.3 is 12.0 Å². The molecule has 0 saturated heterocycles. The van der Waals surface area contributed by atoms with Gasteiger partial charge in [0.2, 0.25) is 6.79 Å². The Hall–Kier alpha value is -3.55. The minimum Gasteiger partial charge on any atom is -0.459 e. The molecule has 0 aromatic heterocycles. The second-order valence-electron chi connectivity index (χ2n) is 7.26. The minimum atomic E-state index is -0.843. The largest absolute Gasteiger partial charge is 0.459 e. The number of nitrogens with zero attached hydrogens (tertiary/aromatic N) is 1. The number of esters is 1. The molecule has 1 atom stereocenters. The summed E-state index contributed by atoms with van der Waals surface area (Å²) >= 11 is 0. The molecule has 0 spiro atoms. The predicted molar refractivity (Wildman–Crippen MR) is 107 cm³/mol. The zero-order chi connectivity index (χ0) is 21.4. The van der Waals surface area contributed by atoms with Crippen molar-refractivity contribution in [2.24, 2.45) is 0 Å². The average molecular weight is 412 g/mol. The molecule has 2 aliphatic rings. The maximum absolute atomic E-state index is 13.8. The van der Waals surface area contributed by atoms with E-state index < -0.39 is 23.9 Å². The van der Waals surface area contributed by atoms with Gasteiger partial charge in [-0.25, -0.2) is 14.0 Å². The first-order valence-electron chi connectivity index (χ1n) is 9.52. The van der Waals surface area contributed by atoms with Crippen molar-refractivity contribution >= 4 is 17.7 Å². The first kappa shape index (κ1) is 19.8. The van der Waals surface area contributed by atoms with Crippen LogP contribution in [0.2, 0.25) is 0 Å². The Morgan fingerprint density at radius 3 is 2.70 bits per heavy atom. The van der Waals surface area contributed by atoms with Crippen LogP contribution in [0.25, 0.3) is 0 Å². The van der Waals surface area contributed by atoms with Gasteiger partial charge in [-0.2, -0.15) is 0 Å². The predicted octanol–water partition coefficient (Wildman–Crippen LogP) is 4.05. The summed E-state index contributed by atoms with van der Waals surface area (Å²) in [5, 5.41) is 2.80. The lowest BCUT2D eigenvalue weighted by molar-refractivity contribution is -0.143. The lowest BCUT2D eigenvalue weighted by Crippen LogP contribution is -2.48. The van der Waals surface area contributed by atoms with E-state index in [2.05, 4.69) is 5.32 Å². The number of rotatable bonds is 4. The number of halogens is 1. The zero-order valence-corrected chi connectivity index (χ0v) is 16.8. The van der Waals surface area contributed by atoms with Crippen molar-refractivity contribution in [1.82, 2.24) is 5.32 Å². The number of allylic oxidation sites excluding steroid dienone is 1. The molecule has 2 aromatic carbocycles. The van der Waals surface area contributed by atoms with Crippen molar-refractivity contribution in [3.05, 3.63) is 65.1 Å². The number of ether oxygens (including phenoxy) is 3. The van der Waals surface area contributed by atoms with Crippen LogP contribution in [0.5, 0.6) is 11.5 Å². The second kappa shape index (κ2) is 7.70. The number of amides is 2. The van der Waals surface area contributed by atoms with Crippen LogP contribution in [0.3, 0.4) is 0 Å². The maximum Gasteiger partial charge on any atom is 0.338 e. The van der Waals surface area contributed by atoms with E-state index in [0.29, 0.717) is 28.4 Å². The van der Waals surface area contributed by atoms with Gasteiger partial charge < -0.3 is 19.5 Å². The summed E-state index contributed by atoms with van der Waals surface area (Å²) < 4.78 is 30.0. The lowest BCUT2D eigenvalue weighted by Gasteiger charge is -2.35. The van der Waals surface area contributed by atoms with Crippen LogP contribution in [-0.2, 0) is 9.53 Å². The molecule has 0 aliphatic carbocycles. The molecule has 8 heteroatoms. The fourth-order valence-electron chi connectivity index (χ4n) is 3.56. The Morgan fingerprint density at radius 1 is 1.20 bits per heavy atom. The Balaban J connectivity index is 1.82. The summed E-state index contributed by atoms with van der Waals surface area (Å²) in [6.45, 7) is 5.24. The highest BCUT2D eigenvalue weighted by atomic mass is 19.1. The number of hydrogen-bond acceptors (Lipinski definition) is 5. The number of urea groups is 1. The van der Waals surface area contributed by atoms with Crippen molar-refractivity contribution in [3.8, 4) is 11.5 Å². The third-order valence-electron chi connectivity index (χ3n) is 4.84. The Morgan fingerprint density at radius 2 is 1.97 bits per heavy atom. The average Bonchev–Trinajstić information content (AvgIpc) is 3.14. The summed E-state index contributed by atoms with van der Waals surface area (Å²) in [7, 11) is 0. The lowest BCUT2D eigenvalue weighted by atomic mass is 9.94. The molecule has 0 radical (unpaired) electrons. The number of carbonyl (C=O) groups excluding carboxylic acids is 2. The fraction of sp³-hybridized carbons (Fsp3) is 0.273. The highest BCUT2D eigenvalue weighted by molar-refractivity contribution is 6.03. The van der Waals surface area contributed by atoms with Crippen LogP contribution in [0.1, 0.15) is 32.4 Å². The first-order chi connectivity index (χ1) is 14.3. The van der Waals surface area contributed by atoms with Gasteiger partial charge in [0.1, 0.15) is 5.82 Å². The third-order valence-corrected chi connectivity index (χ3v) is 4.84. The van der Waals surface area contributed by atoms with Crippen LogP contribution >= 0.6 is 0 Å². The molecule has 2 heterocycles. The zero-order valence-electron chi connectivity index (χ0n) is 16.8. The van der Waals surface area contributed by atoms with Gasteiger partial charge in [0, 0.05) is 11.8 Å². The van der Waals surface area contributed by atoms with E-state index in [-0.39, 0.29) is 18.5 Å². The normalized spacial score (nSPS) is 18.0. The highest BCUT2D eigenvalue weighted by Gasteiger charge is 2.38. The molecule has 1 N–H and O–H groups in total. The van der Waals surface area contributed by atoms with Crippen molar-refractivity contribution < 1.29 is 28.2 Å². The van der Waals surface area contributed by atoms with E-state index in [9.17, 15) is 14.0 Å². The first-order valence-corrected chi connectivity index (χ1v) is 9.52. The molecular formula is C22H21FN2O5. The number of nitrogens with one attached hydrogen (secondary N) is 1. The van der Waals surface area contributed by atoms with Crippen molar-refractivity contribution in [3.63, 3.8) is 0 Å². The molecular weight excluding hydrogens is 391 g/mol. The van der Waals surface area contributed by atoms with Crippen LogP contribution in [-0.4, -0.2) is 24.9 Å². The van der Waals surface area contributed by atoms with Crippen molar-refractivity contribution in [2.75, 3.05) is 11.7 Å². The molecule has 30 heavy (non-hydrogen) atoms. The topological polar surface area (TPSA) is 77.1 Å². The third kappa shape index (κ3) is 3.56. The molecule has 0 unspecified atom stereocenters. The van der Waals surface area contributed by atoms with Crippen molar-refractivity contribution in [1.29, 1.82) is 0 Å². The number of hydrogen-bond donors (Lipinski definition) is 1. The molecule has 0 fully saturated rings. The van der Waals surface area contributed by atoms with E-state index in [4.69, 9.17) is 14.2 Å². The van der Waals surface area contributed by atoms with E-state index in [1.54, 1.807) is 45.0 Å². The fourth-order valence-corrected chi connectivity index (χ4v) is 3.56. The second-order valence-corrected chi connectivity index (χ2v) is 7.26. The van der Waals surface area contributed by atoms with E-state index in [0.717, 1.165) is 0 Å². The molecule has 0 bridgehead atoms. The molecule has 2 aromatic rings. The molecule has 156 valence electrons. The van der Waals surface area contributed by atoms with E-state index >= 15 is 0 Å². The van der Waals surface area contributed by atoms with E-state index in [1.165, 1.54) is 23.1 Å². The van der Waals surface area contributed by atoms with Gasteiger partial charge in [-0.3, -0.25) is 4.90 Å². The number of benzene rings is 2. The van der Waals surface area contributed by atoms with Gasteiger partial charge in [-0.1, -0.05) is 12.1 Å². The highest BCUT2D eigenvalue weighted by Crippen LogP contribution is 2.39. The maximum atomic E-state index is 13.8. The van der Waals surface area contributed by atoms with Crippen molar-refractivity contribution in [2.45, 2.75) is 32.9 Å². The van der Waals surface area contributed by atoms with Gasteiger partial charge in [0.15, 0.2) is 11.5 Å². The number of anilines is 1. The Labute approximate surface area is 173 Å². The SMILES string of the molecule is CC1=C(C(=O)OC(C)C)[C@@H](c2cccc(F)c2)NC(=O)N1c1ccc2c(c1)OCO2. The number of carbonyl (C=O) groups is 2. The van der Waals surface area contributed by atoms with Gasteiger partial charge in [-0.15, -0.1) is 0 Å². The Bertz CT molecular complexity index is 1050. The van der Waals surface area contributed by atoms with Crippen LogP contribution in [0.4, 0.5) is 14.9 Å². The van der Waals surface area contributed by atoms with Gasteiger partial charge in [-0.05, 0) is 50.6 Å². The Kier molecular flexibility index (Phi) is 5.07. The molecule has 7 nitrogen and oxygen atoms in total. The molecule has 2 aliphatic heterocycles. The quantitative estimate of drug-likeness (QED) is 0.767. The minimum absolute atomic E-state index is 0.105. The summed E-state index contributed by atoms with van der Waals surface area (Å²) in [6, 6.07) is 9.54. The van der Waals surface area contributed by atoms with Crippen LogP contribution < -0.4 is 19.7 Å². The van der Waals surface area contributed by atoms with E-state index in [1.807, 2.05) is 0 Å². The smallest absolute Gasteiger partial charge is 0.338 e.